The van der Waals surface area contributed by atoms with E-state index in [1.807, 2.05) is 0 Å². The molecule has 19 heavy (non-hydrogen) atoms. The largest absolute Gasteiger partial charge is 0.398 e. The van der Waals surface area contributed by atoms with Crippen LogP contribution in [0.2, 0.25) is 5.02 Å². The standard InChI is InChI=1S/C14H19ClN2O2/c15-12-9-10(5-6-13(12)16)14(19)17(7-8-18)11-3-1-2-4-11/h5-6,9,11,18H,1-4,7-8,16H2. The van der Waals surface area contributed by atoms with E-state index in [-0.39, 0.29) is 18.6 Å². The lowest BCUT2D eigenvalue weighted by atomic mass is 10.1. The van der Waals surface area contributed by atoms with Crippen LogP contribution in [0.15, 0.2) is 18.2 Å². The highest BCUT2D eigenvalue weighted by molar-refractivity contribution is 6.33. The van der Waals surface area contributed by atoms with Gasteiger partial charge in [0.25, 0.3) is 5.91 Å². The average Bonchev–Trinajstić information content (AvgIpc) is 2.92. The summed E-state index contributed by atoms with van der Waals surface area (Å²) in [5.74, 6) is -0.0807. The van der Waals surface area contributed by atoms with E-state index in [4.69, 9.17) is 22.4 Å². The van der Waals surface area contributed by atoms with Gasteiger partial charge >= 0.3 is 0 Å². The van der Waals surface area contributed by atoms with E-state index >= 15 is 0 Å². The Morgan fingerprint density at radius 1 is 1.42 bits per heavy atom. The van der Waals surface area contributed by atoms with Crippen LogP contribution in [-0.2, 0) is 0 Å². The molecule has 0 unspecified atom stereocenters. The highest BCUT2D eigenvalue weighted by Crippen LogP contribution is 2.26. The molecule has 104 valence electrons. The second kappa shape index (κ2) is 6.26. The number of benzene rings is 1. The number of hydrogen-bond donors (Lipinski definition) is 2. The molecule has 1 aromatic carbocycles. The number of nitrogens with zero attached hydrogens (tertiary/aromatic N) is 1. The average molecular weight is 283 g/mol. The van der Waals surface area contributed by atoms with Gasteiger partial charge in [0, 0.05) is 18.2 Å². The second-order valence-corrected chi connectivity index (χ2v) is 5.30. The second-order valence-electron chi connectivity index (χ2n) is 4.90. The van der Waals surface area contributed by atoms with Crippen LogP contribution in [0, 0.1) is 0 Å². The van der Waals surface area contributed by atoms with Gasteiger partial charge in [-0.25, -0.2) is 0 Å². The number of amides is 1. The number of nitrogen functional groups attached to an aromatic ring is 1. The van der Waals surface area contributed by atoms with Gasteiger partial charge in [-0.1, -0.05) is 24.4 Å². The van der Waals surface area contributed by atoms with Crippen LogP contribution in [0.5, 0.6) is 0 Å². The highest BCUT2D eigenvalue weighted by Gasteiger charge is 2.27. The fraction of sp³-hybridized carbons (Fsp3) is 0.500. The van der Waals surface area contributed by atoms with Crippen LogP contribution in [0.1, 0.15) is 36.0 Å². The molecule has 0 bridgehead atoms. The summed E-state index contributed by atoms with van der Waals surface area (Å²) in [6.07, 6.45) is 4.30. The number of halogens is 1. The maximum Gasteiger partial charge on any atom is 0.254 e. The van der Waals surface area contributed by atoms with Gasteiger partial charge in [-0.2, -0.15) is 0 Å². The van der Waals surface area contributed by atoms with Crippen LogP contribution in [0.4, 0.5) is 5.69 Å². The maximum absolute atomic E-state index is 12.5. The summed E-state index contributed by atoms with van der Waals surface area (Å²) in [7, 11) is 0. The number of hydrogen-bond acceptors (Lipinski definition) is 3. The van der Waals surface area contributed by atoms with Crippen molar-refractivity contribution in [3.8, 4) is 0 Å². The lowest BCUT2D eigenvalue weighted by Gasteiger charge is -2.28. The van der Waals surface area contributed by atoms with Crippen LogP contribution in [0.3, 0.4) is 0 Å². The Morgan fingerprint density at radius 3 is 2.68 bits per heavy atom. The third-order valence-corrected chi connectivity index (χ3v) is 3.94. The van der Waals surface area contributed by atoms with E-state index < -0.39 is 0 Å². The Labute approximate surface area is 118 Å². The quantitative estimate of drug-likeness (QED) is 0.833. The van der Waals surface area contributed by atoms with Crippen LogP contribution >= 0.6 is 11.6 Å². The summed E-state index contributed by atoms with van der Waals surface area (Å²) in [5.41, 5.74) is 6.64. The third-order valence-electron chi connectivity index (χ3n) is 3.61. The van der Waals surface area contributed by atoms with Gasteiger partial charge in [0.05, 0.1) is 17.3 Å². The number of carbonyl (C=O) groups excluding carboxylic acids is 1. The Kier molecular flexibility index (Phi) is 4.66. The number of aliphatic hydroxyl groups excluding tert-OH is 1. The van der Waals surface area contributed by atoms with Crippen molar-refractivity contribution in [3.63, 3.8) is 0 Å². The van der Waals surface area contributed by atoms with Crippen molar-refractivity contribution < 1.29 is 9.90 Å². The minimum Gasteiger partial charge on any atom is -0.398 e. The van der Waals surface area contributed by atoms with Gasteiger partial charge in [0.2, 0.25) is 0 Å². The van der Waals surface area contributed by atoms with Gasteiger partial charge in [0.1, 0.15) is 0 Å². The van der Waals surface area contributed by atoms with E-state index in [2.05, 4.69) is 0 Å². The lowest BCUT2D eigenvalue weighted by Crippen LogP contribution is -2.40. The minimum absolute atomic E-state index is 0.0229. The Hall–Kier alpha value is -1.26. The molecule has 1 saturated carbocycles. The van der Waals surface area contributed by atoms with Crippen molar-refractivity contribution in [2.45, 2.75) is 31.7 Å². The molecule has 5 heteroatoms. The fourth-order valence-corrected chi connectivity index (χ4v) is 2.78. The van der Waals surface area contributed by atoms with Crippen molar-refractivity contribution in [1.29, 1.82) is 0 Å². The number of carbonyl (C=O) groups is 1. The Bertz CT molecular complexity index is 459. The molecule has 0 atom stereocenters. The molecule has 2 rings (SSSR count). The summed E-state index contributed by atoms with van der Waals surface area (Å²) in [6, 6.07) is 5.15. The highest BCUT2D eigenvalue weighted by atomic mass is 35.5. The molecule has 1 amide bonds. The first-order valence-corrected chi connectivity index (χ1v) is 6.98. The Balaban J connectivity index is 2.20. The predicted molar refractivity (Wildman–Crippen MR) is 76.2 cm³/mol. The molecule has 0 radical (unpaired) electrons. The van der Waals surface area contributed by atoms with Crippen LogP contribution in [0.25, 0.3) is 0 Å². The summed E-state index contributed by atoms with van der Waals surface area (Å²) >= 11 is 5.95. The topological polar surface area (TPSA) is 66.6 Å². The molecule has 4 nitrogen and oxygen atoms in total. The smallest absolute Gasteiger partial charge is 0.254 e. The molecular weight excluding hydrogens is 264 g/mol. The summed E-state index contributed by atoms with van der Waals surface area (Å²) < 4.78 is 0. The van der Waals surface area contributed by atoms with E-state index in [0.717, 1.165) is 25.7 Å². The summed E-state index contributed by atoms with van der Waals surface area (Å²) in [4.78, 5) is 14.3. The van der Waals surface area contributed by atoms with Crippen molar-refractivity contribution >= 4 is 23.2 Å². The first kappa shape index (κ1) is 14.2. The zero-order valence-electron chi connectivity index (χ0n) is 10.8. The normalized spacial score (nSPS) is 15.7. The number of anilines is 1. The molecule has 1 aliphatic rings. The number of nitrogens with two attached hydrogens (primary N) is 1. The monoisotopic (exact) mass is 282 g/mol. The molecule has 0 saturated heterocycles. The van der Waals surface area contributed by atoms with E-state index in [1.54, 1.807) is 23.1 Å². The molecule has 1 aromatic rings. The Morgan fingerprint density at radius 2 is 2.11 bits per heavy atom. The maximum atomic E-state index is 12.5. The SMILES string of the molecule is Nc1ccc(C(=O)N(CCO)C2CCCC2)cc1Cl. The molecule has 0 aromatic heterocycles. The van der Waals surface area contributed by atoms with Gasteiger partial charge in [-0.05, 0) is 31.0 Å². The van der Waals surface area contributed by atoms with Gasteiger partial charge in [-0.3, -0.25) is 4.79 Å². The van der Waals surface area contributed by atoms with Gasteiger partial charge in [0.15, 0.2) is 0 Å². The molecule has 0 spiro atoms. The fourth-order valence-electron chi connectivity index (χ4n) is 2.60. The van der Waals surface area contributed by atoms with Crippen molar-refractivity contribution in [3.05, 3.63) is 28.8 Å². The molecule has 0 heterocycles. The van der Waals surface area contributed by atoms with Crippen molar-refractivity contribution in [1.82, 2.24) is 4.90 Å². The first-order valence-electron chi connectivity index (χ1n) is 6.60. The van der Waals surface area contributed by atoms with Crippen LogP contribution < -0.4 is 5.73 Å². The summed E-state index contributed by atoms with van der Waals surface area (Å²) in [5, 5.41) is 9.54. The van der Waals surface area contributed by atoms with Crippen molar-refractivity contribution in [2.75, 3.05) is 18.9 Å². The minimum atomic E-state index is -0.0807. The molecule has 1 aliphatic carbocycles. The third kappa shape index (κ3) is 3.19. The van der Waals surface area contributed by atoms with Crippen LogP contribution in [-0.4, -0.2) is 35.1 Å². The number of aliphatic hydroxyl groups is 1. The van der Waals surface area contributed by atoms with E-state index in [1.165, 1.54) is 0 Å². The molecule has 3 N–H and O–H groups in total. The molecule has 1 fully saturated rings. The number of rotatable bonds is 4. The predicted octanol–water partition coefficient (Wildman–Crippen LogP) is 2.30. The molecular formula is C14H19ClN2O2. The van der Waals surface area contributed by atoms with E-state index in [9.17, 15) is 4.79 Å². The zero-order chi connectivity index (χ0) is 13.8. The van der Waals surface area contributed by atoms with Gasteiger partial charge < -0.3 is 15.7 Å². The van der Waals surface area contributed by atoms with Crippen molar-refractivity contribution in [2.24, 2.45) is 0 Å². The van der Waals surface area contributed by atoms with Gasteiger partial charge in [-0.15, -0.1) is 0 Å². The zero-order valence-corrected chi connectivity index (χ0v) is 11.6. The summed E-state index contributed by atoms with van der Waals surface area (Å²) in [6.45, 7) is 0.344. The first-order chi connectivity index (χ1) is 9.13. The van der Waals surface area contributed by atoms with E-state index in [0.29, 0.717) is 22.8 Å². The molecule has 0 aliphatic heterocycles. The lowest BCUT2D eigenvalue weighted by molar-refractivity contribution is 0.0638.